The normalized spacial score (nSPS) is 11.4. The Morgan fingerprint density at radius 2 is 1.65 bits per heavy atom. The second kappa shape index (κ2) is 9.35. The van der Waals surface area contributed by atoms with Gasteiger partial charge in [0.15, 0.2) is 5.65 Å². The molecule has 4 heterocycles. The lowest BCUT2D eigenvalue weighted by Crippen LogP contribution is -2.15. The van der Waals surface area contributed by atoms with Gasteiger partial charge in [-0.15, -0.1) is 0 Å². The molecule has 0 bridgehead atoms. The van der Waals surface area contributed by atoms with Crippen LogP contribution in [0.5, 0.6) is 5.88 Å². The lowest BCUT2D eigenvalue weighted by Gasteiger charge is -2.13. The molecule has 5 aromatic rings. The minimum atomic E-state index is -4.44. The third-order valence-electron chi connectivity index (χ3n) is 5.33. The Bertz CT molecular complexity index is 1750. The van der Waals surface area contributed by atoms with E-state index in [0.717, 1.165) is 17.7 Å². The monoisotopic (exact) mass is 521 g/mol. The van der Waals surface area contributed by atoms with Crippen molar-refractivity contribution in [1.29, 1.82) is 0 Å². The third-order valence-corrected chi connectivity index (χ3v) is 6.73. The van der Waals surface area contributed by atoms with Gasteiger partial charge in [-0.25, -0.2) is 32.2 Å². The van der Waals surface area contributed by atoms with E-state index in [0.29, 0.717) is 33.9 Å². The maximum Gasteiger partial charge on any atom is 0.264 e. The predicted octanol–water partition coefficient (Wildman–Crippen LogP) is 3.82. The Kier molecular flexibility index (Phi) is 6.05. The van der Waals surface area contributed by atoms with E-state index >= 15 is 0 Å². The molecule has 10 nitrogen and oxygen atoms in total. The average molecular weight is 522 g/mol. The maximum absolute atomic E-state index is 14.2. The van der Waals surface area contributed by atoms with Gasteiger partial charge < -0.3 is 10.5 Å². The molecule has 1 aromatic carbocycles. The van der Waals surface area contributed by atoms with Crippen LogP contribution >= 0.6 is 0 Å². The molecule has 0 aliphatic rings. The summed E-state index contributed by atoms with van der Waals surface area (Å²) in [4.78, 5) is 20.4. The van der Waals surface area contributed by atoms with E-state index in [4.69, 9.17) is 10.5 Å². The number of nitrogens with one attached hydrogen (secondary N) is 1. The van der Waals surface area contributed by atoms with Crippen LogP contribution in [0.15, 0.2) is 72.1 Å². The Labute approximate surface area is 209 Å². The van der Waals surface area contributed by atoms with Crippen molar-refractivity contribution in [3.63, 3.8) is 0 Å². The highest BCUT2D eigenvalue weighted by molar-refractivity contribution is 7.92. The number of nitrogen functional groups attached to an aromatic ring is 1. The summed E-state index contributed by atoms with van der Waals surface area (Å²) in [6.07, 6.45) is 6.22. The number of methoxy groups -OCH3 is 1. The standard InChI is InChI=1S/C24H17F2N7O3S/c1-36-23-19(33-37(34,35)20-3-2-16(25)10-18(20)26)9-15(12-30-23)14-8-17-21(13-4-6-28-7-5-13)31-24(27)32-22(17)29-11-14/h2-12,33H,1H3,(H2,27,29,31,32). The van der Waals surface area contributed by atoms with Gasteiger partial charge in [0.05, 0.1) is 12.8 Å². The van der Waals surface area contributed by atoms with Crippen LogP contribution in [0.1, 0.15) is 0 Å². The van der Waals surface area contributed by atoms with Gasteiger partial charge >= 0.3 is 0 Å². The van der Waals surface area contributed by atoms with Gasteiger partial charge in [0.1, 0.15) is 22.2 Å². The number of nitrogens with two attached hydrogens (primary N) is 1. The number of anilines is 2. The van der Waals surface area contributed by atoms with Crippen molar-refractivity contribution in [3.8, 4) is 28.3 Å². The summed E-state index contributed by atoms with van der Waals surface area (Å²) in [6.45, 7) is 0. The van der Waals surface area contributed by atoms with E-state index in [-0.39, 0.29) is 17.5 Å². The first-order valence-electron chi connectivity index (χ1n) is 10.6. The molecule has 0 radical (unpaired) electrons. The van der Waals surface area contributed by atoms with Crippen LogP contribution in [0.4, 0.5) is 20.4 Å². The molecule has 5 rings (SSSR count). The molecule has 0 saturated heterocycles. The summed E-state index contributed by atoms with van der Waals surface area (Å²) in [5.41, 5.74) is 8.47. The molecule has 0 spiro atoms. The van der Waals surface area contributed by atoms with Crippen LogP contribution < -0.4 is 15.2 Å². The second-order valence-corrected chi connectivity index (χ2v) is 9.37. The smallest absolute Gasteiger partial charge is 0.264 e. The van der Waals surface area contributed by atoms with Gasteiger partial charge in [0, 0.05) is 52.9 Å². The number of pyridine rings is 3. The quantitative estimate of drug-likeness (QED) is 0.340. The van der Waals surface area contributed by atoms with E-state index in [2.05, 4.69) is 29.6 Å². The molecule has 186 valence electrons. The highest BCUT2D eigenvalue weighted by Gasteiger charge is 2.22. The average Bonchev–Trinajstić information content (AvgIpc) is 2.88. The molecule has 0 unspecified atom stereocenters. The van der Waals surface area contributed by atoms with E-state index in [9.17, 15) is 17.2 Å². The minimum Gasteiger partial charge on any atom is -0.480 e. The summed E-state index contributed by atoms with van der Waals surface area (Å²) in [6, 6.07) is 8.91. The Morgan fingerprint density at radius 1 is 0.919 bits per heavy atom. The Hall–Kier alpha value is -4.78. The van der Waals surface area contributed by atoms with Crippen LogP contribution in [0.2, 0.25) is 0 Å². The topological polar surface area (TPSA) is 146 Å². The first kappa shape index (κ1) is 23.9. The highest BCUT2D eigenvalue weighted by Crippen LogP contribution is 2.33. The van der Waals surface area contributed by atoms with Crippen molar-refractivity contribution in [2.45, 2.75) is 4.90 Å². The summed E-state index contributed by atoms with van der Waals surface area (Å²) in [5.74, 6) is -2.15. The molecule has 37 heavy (non-hydrogen) atoms. The van der Waals surface area contributed by atoms with Crippen molar-refractivity contribution in [2.75, 3.05) is 17.6 Å². The number of hydrogen-bond acceptors (Lipinski definition) is 9. The molecule has 0 aliphatic heterocycles. The zero-order chi connectivity index (χ0) is 26.2. The number of benzene rings is 1. The van der Waals surface area contributed by atoms with Gasteiger partial charge in [-0.2, -0.15) is 4.98 Å². The fourth-order valence-corrected chi connectivity index (χ4v) is 4.76. The van der Waals surface area contributed by atoms with Crippen molar-refractivity contribution >= 4 is 32.7 Å². The number of rotatable bonds is 6. The van der Waals surface area contributed by atoms with Gasteiger partial charge in [-0.05, 0) is 36.4 Å². The molecule has 0 fully saturated rings. The van der Waals surface area contributed by atoms with Crippen molar-refractivity contribution in [2.24, 2.45) is 0 Å². The molecule has 13 heteroatoms. The van der Waals surface area contributed by atoms with E-state index in [1.165, 1.54) is 25.6 Å². The van der Waals surface area contributed by atoms with Crippen LogP contribution in [-0.2, 0) is 10.0 Å². The lowest BCUT2D eigenvalue weighted by atomic mass is 10.0. The zero-order valence-corrected chi connectivity index (χ0v) is 19.9. The molecule has 0 atom stereocenters. The van der Waals surface area contributed by atoms with E-state index < -0.39 is 26.6 Å². The maximum atomic E-state index is 14.2. The number of hydrogen-bond donors (Lipinski definition) is 2. The first-order chi connectivity index (χ1) is 17.7. The minimum absolute atomic E-state index is 0.0513. The highest BCUT2D eigenvalue weighted by atomic mass is 32.2. The Balaban J connectivity index is 1.60. The molecule has 3 N–H and O–H groups in total. The van der Waals surface area contributed by atoms with Gasteiger partial charge in [0.2, 0.25) is 11.8 Å². The Morgan fingerprint density at radius 3 is 2.38 bits per heavy atom. The number of aromatic nitrogens is 5. The van der Waals surface area contributed by atoms with Crippen LogP contribution in [-0.4, -0.2) is 40.4 Å². The number of fused-ring (bicyclic) bond motifs is 1. The fraction of sp³-hybridized carbons (Fsp3) is 0.0417. The van der Waals surface area contributed by atoms with E-state index in [1.807, 2.05) is 0 Å². The molecule has 0 saturated carbocycles. The summed E-state index contributed by atoms with van der Waals surface area (Å²) in [7, 11) is -3.14. The number of halogens is 2. The lowest BCUT2D eigenvalue weighted by molar-refractivity contribution is 0.400. The van der Waals surface area contributed by atoms with Crippen LogP contribution in [0.3, 0.4) is 0 Å². The van der Waals surface area contributed by atoms with Crippen LogP contribution in [0, 0.1) is 11.6 Å². The predicted molar refractivity (Wildman–Crippen MR) is 132 cm³/mol. The SMILES string of the molecule is COc1ncc(-c2cnc3nc(N)nc(-c4ccncc4)c3c2)cc1NS(=O)(=O)c1ccc(F)cc1F. The fourth-order valence-electron chi connectivity index (χ4n) is 3.66. The largest absolute Gasteiger partial charge is 0.480 e. The third kappa shape index (κ3) is 4.71. The zero-order valence-electron chi connectivity index (χ0n) is 19.1. The molecular weight excluding hydrogens is 504 g/mol. The number of sulfonamides is 1. The summed E-state index contributed by atoms with van der Waals surface area (Å²) < 4.78 is 60.6. The van der Waals surface area contributed by atoms with Crippen molar-refractivity contribution < 1.29 is 21.9 Å². The van der Waals surface area contributed by atoms with Crippen molar-refractivity contribution in [3.05, 3.63) is 78.9 Å². The van der Waals surface area contributed by atoms with Gasteiger partial charge in [0.25, 0.3) is 10.0 Å². The molecule has 0 amide bonds. The van der Waals surface area contributed by atoms with E-state index in [1.54, 1.807) is 30.6 Å². The van der Waals surface area contributed by atoms with Gasteiger partial charge in [-0.1, -0.05) is 0 Å². The van der Waals surface area contributed by atoms with Gasteiger partial charge in [-0.3, -0.25) is 9.71 Å². The molecule has 4 aromatic heterocycles. The van der Waals surface area contributed by atoms with Crippen LogP contribution in [0.25, 0.3) is 33.4 Å². The number of nitrogens with zero attached hydrogens (tertiary/aromatic N) is 5. The summed E-state index contributed by atoms with van der Waals surface area (Å²) in [5, 5.41) is 0.587. The molecular formula is C24H17F2N7O3S. The first-order valence-corrected chi connectivity index (χ1v) is 12.1. The van der Waals surface area contributed by atoms with Crippen molar-refractivity contribution in [1.82, 2.24) is 24.9 Å². The molecule has 0 aliphatic carbocycles. The second-order valence-electron chi connectivity index (χ2n) is 7.72. The summed E-state index contributed by atoms with van der Waals surface area (Å²) >= 11 is 0. The number of ether oxygens (including phenoxy) is 1.